The third kappa shape index (κ3) is 2.97. The van der Waals surface area contributed by atoms with E-state index < -0.39 is 9.84 Å². The summed E-state index contributed by atoms with van der Waals surface area (Å²) in [5.41, 5.74) is 0. The zero-order chi connectivity index (χ0) is 12.5. The molecule has 0 spiro atoms. The van der Waals surface area contributed by atoms with Crippen LogP contribution in [0.25, 0.3) is 0 Å². The molecule has 1 saturated carbocycles. The summed E-state index contributed by atoms with van der Waals surface area (Å²) in [6.07, 6.45) is 6.20. The average Bonchev–Trinajstić information content (AvgIpc) is 2.63. The molecule has 1 aromatic heterocycles. The Morgan fingerprint density at radius 3 is 2.76 bits per heavy atom. The fourth-order valence-corrected chi connectivity index (χ4v) is 3.12. The van der Waals surface area contributed by atoms with Crippen LogP contribution in [-0.2, 0) is 9.84 Å². The molecule has 17 heavy (non-hydrogen) atoms. The van der Waals surface area contributed by atoms with E-state index in [0.717, 1.165) is 12.8 Å². The Morgan fingerprint density at radius 2 is 2.18 bits per heavy atom. The van der Waals surface area contributed by atoms with Gasteiger partial charge in [0.15, 0.2) is 9.84 Å². The molecule has 1 aliphatic carbocycles. The van der Waals surface area contributed by atoms with Gasteiger partial charge in [0.2, 0.25) is 0 Å². The Kier molecular flexibility index (Phi) is 3.38. The summed E-state index contributed by atoms with van der Waals surface area (Å²) in [6.45, 7) is 2.22. The van der Waals surface area contributed by atoms with Crippen molar-refractivity contribution in [3.8, 4) is 0 Å². The predicted molar refractivity (Wildman–Crippen MR) is 67.8 cm³/mol. The van der Waals surface area contributed by atoms with E-state index in [4.69, 9.17) is 0 Å². The molecule has 2 unspecified atom stereocenters. The molecule has 1 aliphatic rings. The highest BCUT2D eigenvalue weighted by Crippen LogP contribution is 2.28. The monoisotopic (exact) mass is 254 g/mol. The maximum absolute atomic E-state index is 11.6. The highest BCUT2D eigenvalue weighted by Gasteiger charge is 2.23. The van der Waals surface area contributed by atoms with Gasteiger partial charge in [-0.3, -0.25) is 0 Å². The molecule has 94 valence electrons. The van der Waals surface area contributed by atoms with Crippen LogP contribution < -0.4 is 5.32 Å². The van der Waals surface area contributed by atoms with Crippen LogP contribution in [-0.4, -0.2) is 25.7 Å². The van der Waals surface area contributed by atoms with E-state index in [9.17, 15) is 8.42 Å². The molecule has 1 heterocycles. The minimum Gasteiger partial charge on any atom is -0.366 e. The van der Waals surface area contributed by atoms with Crippen molar-refractivity contribution in [2.75, 3.05) is 11.6 Å². The maximum atomic E-state index is 11.6. The van der Waals surface area contributed by atoms with Crippen molar-refractivity contribution in [3.05, 3.63) is 18.3 Å². The summed E-state index contributed by atoms with van der Waals surface area (Å²) in [7, 11) is -3.21. The molecule has 0 saturated heterocycles. The average molecular weight is 254 g/mol. The molecule has 0 aromatic carbocycles. The van der Waals surface area contributed by atoms with E-state index in [1.165, 1.54) is 12.7 Å². The molecular weight excluding hydrogens is 236 g/mol. The Morgan fingerprint density at radius 1 is 1.41 bits per heavy atom. The lowest BCUT2D eigenvalue weighted by Crippen LogP contribution is -2.18. The fourth-order valence-electron chi connectivity index (χ4n) is 2.33. The third-order valence-corrected chi connectivity index (χ3v) is 4.33. The van der Waals surface area contributed by atoms with Gasteiger partial charge in [0.05, 0.1) is 0 Å². The SMILES string of the molecule is CC1CCC(Nc2ncccc2S(C)(=O)=O)C1. The second kappa shape index (κ2) is 4.64. The number of aromatic nitrogens is 1. The van der Waals surface area contributed by atoms with Gasteiger partial charge in [-0.25, -0.2) is 13.4 Å². The van der Waals surface area contributed by atoms with Gasteiger partial charge in [-0.2, -0.15) is 0 Å². The number of rotatable bonds is 3. The first-order valence-electron chi connectivity index (χ1n) is 5.88. The first kappa shape index (κ1) is 12.4. The zero-order valence-electron chi connectivity index (χ0n) is 10.2. The van der Waals surface area contributed by atoms with E-state index >= 15 is 0 Å². The smallest absolute Gasteiger partial charge is 0.179 e. The van der Waals surface area contributed by atoms with E-state index in [1.807, 2.05) is 0 Å². The summed E-state index contributed by atoms with van der Waals surface area (Å²) in [4.78, 5) is 4.43. The topological polar surface area (TPSA) is 59.1 Å². The molecular formula is C12H18N2O2S. The molecule has 1 N–H and O–H groups in total. The Labute approximate surface area is 102 Å². The van der Waals surface area contributed by atoms with E-state index in [1.54, 1.807) is 18.3 Å². The summed E-state index contributed by atoms with van der Waals surface area (Å²) in [5, 5.41) is 3.26. The van der Waals surface area contributed by atoms with E-state index in [0.29, 0.717) is 22.7 Å². The van der Waals surface area contributed by atoms with Crippen molar-refractivity contribution in [3.63, 3.8) is 0 Å². The number of hydrogen-bond donors (Lipinski definition) is 1. The van der Waals surface area contributed by atoms with Gasteiger partial charge in [-0.1, -0.05) is 6.92 Å². The minimum atomic E-state index is -3.21. The van der Waals surface area contributed by atoms with Crippen LogP contribution in [0.2, 0.25) is 0 Å². The maximum Gasteiger partial charge on any atom is 0.179 e. The molecule has 0 aliphatic heterocycles. The first-order valence-corrected chi connectivity index (χ1v) is 7.77. The van der Waals surface area contributed by atoms with Crippen LogP contribution in [0, 0.1) is 5.92 Å². The van der Waals surface area contributed by atoms with Gasteiger partial charge < -0.3 is 5.32 Å². The molecule has 2 rings (SSSR count). The van der Waals surface area contributed by atoms with Crippen molar-refractivity contribution in [1.82, 2.24) is 4.98 Å². The van der Waals surface area contributed by atoms with Crippen LogP contribution in [0.15, 0.2) is 23.2 Å². The van der Waals surface area contributed by atoms with Crippen LogP contribution in [0.3, 0.4) is 0 Å². The van der Waals surface area contributed by atoms with Crippen molar-refractivity contribution in [2.45, 2.75) is 37.1 Å². The second-order valence-corrected chi connectivity index (χ2v) is 6.87. The summed E-state index contributed by atoms with van der Waals surface area (Å²) in [5.74, 6) is 1.20. The lowest BCUT2D eigenvalue weighted by atomic mass is 10.1. The quantitative estimate of drug-likeness (QED) is 0.897. The molecule has 4 nitrogen and oxygen atoms in total. The summed E-state index contributed by atoms with van der Waals surface area (Å²) >= 11 is 0. The largest absolute Gasteiger partial charge is 0.366 e. The number of nitrogens with one attached hydrogen (secondary N) is 1. The van der Waals surface area contributed by atoms with Crippen molar-refractivity contribution in [2.24, 2.45) is 5.92 Å². The molecule has 2 atom stereocenters. The first-order chi connectivity index (χ1) is 7.97. The molecule has 5 heteroatoms. The minimum absolute atomic E-state index is 0.291. The van der Waals surface area contributed by atoms with Gasteiger partial charge in [0, 0.05) is 18.5 Å². The second-order valence-electron chi connectivity index (χ2n) is 4.88. The summed E-state index contributed by atoms with van der Waals surface area (Å²) < 4.78 is 23.2. The Balaban J connectivity index is 2.21. The van der Waals surface area contributed by atoms with Gasteiger partial charge in [-0.05, 0) is 37.3 Å². The lowest BCUT2D eigenvalue weighted by Gasteiger charge is -2.15. The lowest BCUT2D eigenvalue weighted by molar-refractivity contribution is 0.598. The van der Waals surface area contributed by atoms with E-state index in [-0.39, 0.29) is 0 Å². The highest BCUT2D eigenvalue weighted by atomic mass is 32.2. The Hall–Kier alpha value is -1.10. The molecule has 0 bridgehead atoms. The molecule has 1 aromatic rings. The normalized spacial score (nSPS) is 24.8. The van der Waals surface area contributed by atoms with Gasteiger partial charge >= 0.3 is 0 Å². The molecule has 0 amide bonds. The van der Waals surface area contributed by atoms with Crippen LogP contribution in [0.4, 0.5) is 5.82 Å². The van der Waals surface area contributed by atoms with Crippen molar-refractivity contribution < 1.29 is 8.42 Å². The van der Waals surface area contributed by atoms with Gasteiger partial charge in [0.1, 0.15) is 10.7 Å². The number of pyridine rings is 1. The number of sulfone groups is 1. The molecule has 1 fully saturated rings. The number of nitrogens with zero attached hydrogens (tertiary/aromatic N) is 1. The Bertz CT molecular complexity index is 499. The van der Waals surface area contributed by atoms with Crippen molar-refractivity contribution in [1.29, 1.82) is 0 Å². The fraction of sp³-hybridized carbons (Fsp3) is 0.583. The van der Waals surface area contributed by atoms with Crippen molar-refractivity contribution >= 4 is 15.7 Å². The van der Waals surface area contributed by atoms with Crippen LogP contribution in [0.5, 0.6) is 0 Å². The third-order valence-electron chi connectivity index (χ3n) is 3.21. The van der Waals surface area contributed by atoms with E-state index in [2.05, 4.69) is 17.2 Å². The summed E-state index contributed by atoms with van der Waals surface area (Å²) in [6, 6.07) is 3.60. The van der Waals surface area contributed by atoms with Crippen LogP contribution in [0.1, 0.15) is 26.2 Å². The predicted octanol–water partition coefficient (Wildman–Crippen LogP) is 2.09. The number of hydrogen-bond acceptors (Lipinski definition) is 4. The number of anilines is 1. The molecule has 0 radical (unpaired) electrons. The van der Waals surface area contributed by atoms with Crippen LogP contribution >= 0.6 is 0 Å². The van der Waals surface area contributed by atoms with Gasteiger partial charge in [0.25, 0.3) is 0 Å². The zero-order valence-corrected chi connectivity index (χ0v) is 11.0. The van der Waals surface area contributed by atoms with Gasteiger partial charge in [-0.15, -0.1) is 0 Å². The standard InChI is InChI=1S/C12H18N2O2S/c1-9-5-6-10(8-9)14-12-11(17(2,15)16)4-3-7-13-12/h3-4,7,9-10H,5-6,8H2,1-2H3,(H,13,14). The highest BCUT2D eigenvalue weighted by molar-refractivity contribution is 7.90.